The molecule has 0 spiro atoms. The summed E-state index contributed by atoms with van der Waals surface area (Å²) >= 11 is 10.1. The molecule has 0 aliphatic carbocycles. The lowest BCUT2D eigenvalue weighted by Gasteiger charge is -2.11. The van der Waals surface area contributed by atoms with E-state index >= 15 is 0 Å². The number of hydrogen-bond acceptors (Lipinski definition) is 6. The molecule has 9 heteroatoms. The number of rotatable bonds is 8. The van der Waals surface area contributed by atoms with Gasteiger partial charge in [-0.15, -0.1) is 11.3 Å². The Balaban J connectivity index is 1.30. The van der Waals surface area contributed by atoms with Crippen LogP contribution >= 0.6 is 55.0 Å². The lowest BCUT2D eigenvalue weighted by Crippen LogP contribution is -2.19. The SMILES string of the molecule is O=C(CSc1nc2ccccc2s1)N/N=C\c1cc(Br)c(OCc2ccccc2)c(Br)c1. The third kappa shape index (κ3) is 6.19. The molecule has 1 N–H and O–H groups in total. The van der Waals surface area contributed by atoms with Crippen molar-refractivity contribution in [1.29, 1.82) is 0 Å². The predicted molar refractivity (Wildman–Crippen MR) is 139 cm³/mol. The molecule has 0 saturated carbocycles. The summed E-state index contributed by atoms with van der Waals surface area (Å²) in [5, 5.41) is 4.06. The van der Waals surface area contributed by atoms with Gasteiger partial charge in [0.05, 0.1) is 31.1 Å². The van der Waals surface area contributed by atoms with Crippen molar-refractivity contribution in [2.75, 3.05) is 5.75 Å². The maximum Gasteiger partial charge on any atom is 0.250 e. The topological polar surface area (TPSA) is 63.6 Å². The van der Waals surface area contributed by atoms with Gasteiger partial charge in [-0.3, -0.25) is 4.79 Å². The standard InChI is InChI=1S/C23H17Br2N3O2S2/c24-17-10-16(11-18(25)22(17)30-13-15-6-2-1-3-7-15)12-26-28-21(29)14-31-23-27-19-8-4-5-9-20(19)32-23/h1-12H,13-14H2,(H,28,29)/b26-12-. The number of hydrazone groups is 1. The molecule has 0 aliphatic heterocycles. The summed E-state index contributed by atoms with van der Waals surface area (Å²) in [5.74, 6) is 0.769. The quantitative estimate of drug-likeness (QED) is 0.142. The Morgan fingerprint density at radius 3 is 2.56 bits per heavy atom. The zero-order valence-corrected chi connectivity index (χ0v) is 21.4. The van der Waals surface area contributed by atoms with Crippen molar-refractivity contribution in [3.05, 3.63) is 86.8 Å². The second-order valence-electron chi connectivity index (χ2n) is 6.62. The first-order chi connectivity index (χ1) is 15.6. The van der Waals surface area contributed by atoms with Gasteiger partial charge in [0.25, 0.3) is 5.91 Å². The van der Waals surface area contributed by atoms with Crippen LogP contribution in [-0.2, 0) is 11.4 Å². The molecule has 0 fully saturated rings. The highest BCUT2D eigenvalue weighted by molar-refractivity contribution is 9.11. The van der Waals surface area contributed by atoms with Crippen LogP contribution in [0.5, 0.6) is 5.75 Å². The monoisotopic (exact) mass is 589 g/mol. The number of aromatic nitrogens is 1. The van der Waals surface area contributed by atoms with Gasteiger partial charge in [-0.1, -0.05) is 54.2 Å². The van der Waals surface area contributed by atoms with Crippen LogP contribution in [0.25, 0.3) is 10.2 Å². The van der Waals surface area contributed by atoms with Crippen LogP contribution in [0, 0.1) is 0 Å². The average Bonchev–Trinajstić information content (AvgIpc) is 3.21. The molecule has 0 bridgehead atoms. The van der Waals surface area contributed by atoms with Gasteiger partial charge >= 0.3 is 0 Å². The summed E-state index contributed by atoms with van der Waals surface area (Å²) in [5.41, 5.74) is 5.41. The van der Waals surface area contributed by atoms with Crippen LogP contribution in [0.3, 0.4) is 0 Å². The first-order valence-corrected chi connectivity index (χ1v) is 12.9. The maximum atomic E-state index is 12.1. The van der Waals surface area contributed by atoms with Crippen LogP contribution in [0.15, 0.2) is 85.1 Å². The number of carbonyl (C=O) groups is 1. The maximum absolute atomic E-state index is 12.1. The molecule has 162 valence electrons. The molecule has 0 saturated heterocycles. The zero-order valence-electron chi connectivity index (χ0n) is 16.6. The van der Waals surface area contributed by atoms with Crippen molar-refractivity contribution >= 4 is 77.3 Å². The zero-order chi connectivity index (χ0) is 22.3. The van der Waals surface area contributed by atoms with Gasteiger partial charge in [0.2, 0.25) is 0 Å². The van der Waals surface area contributed by atoms with Crippen molar-refractivity contribution in [2.45, 2.75) is 10.9 Å². The van der Waals surface area contributed by atoms with E-state index in [-0.39, 0.29) is 11.7 Å². The van der Waals surface area contributed by atoms with Crippen LogP contribution in [0.4, 0.5) is 0 Å². The third-order valence-electron chi connectivity index (χ3n) is 4.25. The molecule has 1 heterocycles. The molecule has 5 nitrogen and oxygen atoms in total. The summed E-state index contributed by atoms with van der Waals surface area (Å²) in [6.45, 7) is 0.466. The van der Waals surface area contributed by atoms with Crippen LogP contribution in [0.2, 0.25) is 0 Å². The molecular formula is C23H17Br2N3O2S2. The van der Waals surface area contributed by atoms with E-state index in [2.05, 4.69) is 47.4 Å². The molecule has 0 atom stereocenters. The van der Waals surface area contributed by atoms with Crippen LogP contribution in [0.1, 0.15) is 11.1 Å². The number of halogens is 2. The number of benzene rings is 3. The highest BCUT2D eigenvalue weighted by Crippen LogP contribution is 2.35. The summed E-state index contributed by atoms with van der Waals surface area (Å²) in [6.07, 6.45) is 1.59. The Hall–Kier alpha value is -2.20. The Morgan fingerprint density at radius 2 is 1.81 bits per heavy atom. The molecule has 32 heavy (non-hydrogen) atoms. The number of para-hydroxylation sites is 1. The Morgan fingerprint density at radius 1 is 1.09 bits per heavy atom. The molecule has 4 rings (SSSR count). The fraction of sp³-hybridized carbons (Fsp3) is 0.0870. The number of thioether (sulfide) groups is 1. The van der Waals surface area contributed by atoms with Crippen molar-refractivity contribution in [3.8, 4) is 5.75 Å². The first-order valence-electron chi connectivity index (χ1n) is 9.54. The van der Waals surface area contributed by atoms with E-state index in [9.17, 15) is 4.79 Å². The first kappa shape index (κ1) is 23.0. The van der Waals surface area contributed by atoms with E-state index in [1.165, 1.54) is 11.8 Å². The Bertz CT molecular complexity index is 1210. The molecule has 1 amide bonds. The van der Waals surface area contributed by atoms with Crippen molar-refractivity contribution in [3.63, 3.8) is 0 Å². The number of amides is 1. The number of fused-ring (bicyclic) bond motifs is 1. The van der Waals surface area contributed by atoms with Crippen LogP contribution in [-0.4, -0.2) is 22.9 Å². The summed E-state index contributed by atoms with van der Waals surface area (Å²) in [4.78, 5) is 16.6. The Labute approximate surface area is 210 Å². The molecule has 0 unspecified atom stereocenters. The average molecular weight is 591 g/mol. The minimum atomic E-state index is -0.188. The molecule has 4 aromatic rings. The summed E-state index contributed by atoms with van der Waals surface area (Å²) in [6, 6.07) is 21.7. The van der Waals surface area contributed by atoms with Gasteiger partial charge < -0.3 is 4.74 Å². The lowest BCUT2D eigenvalue weighted by atomic mass is 10.2. The third-order valence-corrected chi connectivity index (χ3v) is 7.61. The van der Waals surface area contributed by atoms with Gasteiger partial charge in [0.15, 0.2) is 4.34 Å². The van der Waals surface area contributed by atoms with E-state index in [4.69, 9.17) is 4.74 Å². The van der Waals surface area contributed by atoms with Gasteiger partial charge in [-0.2, -0.15) is 5.10 Å². The molecule has 0 aliphatic rings. The van der Waals surface area contributed by atoms with Gasteiger partial charge in [-0.25, -0.2) is 10.4 Å². The number of thiazole rings is 1. The van der Waals surface area contributed by atoms with Crippen molar-refractivity contribution < 1.29 is 9.53 Å². The van der Waals surface area contributed by atoms with E-state index in [1.54, 1.807) is 17.6 Å². The largest absolute Gasteiger partial charge is 0.487 e. The second-order valence-corrected chi connectivity index (χ2v) is 10.6. The van der Waals surface area contributed by atoms with Crippen LogP contribution < -0.4 is 10.2 Å². The minimum absolute atomic E-state index is 0.188. The Kier molecular flexibility index (Phi) is 7.96. The predicted octanol–water partition coefficient (Wildman–Crippen LogP) is 6.64. The van der Waals surface area contributed by atoms with Gasteiger partial charge in [0, 0.05) is 0 Å². The van der Waals surface area contributed by atoms with E-state index in [0.717, 1.165) is 34.6 Å². The van der Waals surface area contributed by atoms with Gasteiger partial charge in [0.1, 0.15) is 12.4 Å². The van der Waals surface area contributed by atoms with E-state index in [1.807, 2.05) is 66.7 Å². The van der Waals surface area contributed by atoms with Gasteiger partial charge in [-0.05, 0) is 67.3 Å². The molecule has 0 radical (unpaired) electrons. The number of ether oxygens (including phenoxy) is 1. The highest BCUT2D eigenvalue weighted by atomic mass is 79.9. The minimum Gasteiger partial charge on any atom is -0.487 e. The van der Waals surface area contributed by atoms with Crippen molar-refractivity contribution in [2.24, 2.45) is 5.10 Å². The molecular weight excluding hydrogens is 574 g/mol. The molecule has 1 aromatic heterocycles. The second kappa shape index (κ2) is 11.1. The number of carbonyl (C=O) groups excluding carboxylic acids is 1. The highest BCUT2D eigenvalue weighted by Gasteiger charge is 2.10. The van der Waals surface area contributed by atoms with Crippen molar-refractivity contribution in [1.82, 2.24) is 10.4 Å². The summed E-state index contributed by atoms with van der Waals surface area (Å²) < 4.78 is 9.50. The fourth-order valence-corrected chi connectivity index (χ4v) is 6.08. The smallest absolute Gasteiger partial charge is 0.250 e. The van der Waals surface area contributed by atoms with E-state index in [0.29, 0.717) is 12.4 Å². The summed E-state index contributed by atoms with van der Waals surface area (Å²) in [7, 11) is 0. The normalized spacial score (nSPS) is 11.2. The number of nitrogens with one attached hydrogen (secondary N) is 1. The fourth-order valence-electron chi connectivity index (χ4n) is 2.77. The van der Waals surface area contributed by atoms with E-state index < -0.39 is 0 Å². The molecule has 3 aromatic carbocycles. The lowest BCUT2D eigenvalue weighted by molar-refractivity contribution is -0.118. The number of hydrogen-bond donors (Lipinski definition) is 1. The number of nitrogens with zero attached hydrogens (tertiary/aromatic N) is 2.